The molecule has 0 atom stereocenters. The molecule has 0 radical (unpaired) electrons. The van der Waals surface area contributed by atoms with Gasteiger partial charge in [-0.1, -0.05) is 12.1 Å². The van der Waals surface area contributed by atoms with E-state index in [1.165, 1.54) is 16.9 Å². The Bertz CT molecular complexity index is 694. The zero-order chi connectivity index (χ0) is 16.2. The monoisotopic (exact) mass is 330 g/mol. The fraction of sp³-hybridized carbons (Fsp3) is 0.312. The van der Waals surface area contributed by atoms with Crippen LogP contribution in [0.3, 0.4) is 0 Å². The molecule has 2 amide bonds. The number of carbonyl (C=O) groups is 2. The minimum atomic E-state index is -0.621. The molecule has 3 rings (SSSR count). The van der Waals surface area contributed by atoms with Gasteiger partial charge in [-0.05, 0) is 24.6 Å². The van der Waals surface area contributed by atoms with Crippen LogP contribution in [0.5, 0.6) is 0 Å². The standard InChI is InChI=1S/C16H18N4O2S/c1-12-3-2-4-13(11-12)19-6-8-20(9-7-19)15(22)14(21)18-16-17-5-10-23-16/h2-5,10-11H,6-9H2,1H3,(H,17,18,21). The Balaban J connectivity index is 1.56. The van der Waals surface area contributed by atoms with Crippen LogP contribution >= 0.6 is 11.3 Å². The molecule has 1 aromatic carbocycles. The number of hydrogen-bond acceptors (Lipinski definition) is 5. The summed E-state index contributed by atoms with van der Waals surface area (Å²) in [6.45, 7) is 4.59. The number of aromatic nitrogens is 1. The molecule has 120 valence electrons. The smallest absolute Gasteiger partial charge is 0.315 e. The molecule has 0 bridgehead atoms. The topological polar surface area (TPSA) is 65.5 Å². The Morgan fingerprint density at radius 2 is 2.00 bits per heavy atom. The predicted molar refractivity (Wildman–Crippen MR) is 90.7 cm³/mol. The van der Waals surface area contributed by atoms with Crippen molar-refractivity contribution < 1.29 is 9.59 Å². The van der Waals surface area contributed by atoms with E-state index < -0.39 is 11.8 Å². The number of amides is 2. The molecule has 1 aliphatic rings. The van der Waals surface area contributed by atoms with E-state index in [1.807, 2.05) is 6.07 Å². The molecule has 1 aliphatic heterocycles. The summed E-state index contributed by atoms with van der Waals surface area (Å²) in [4.78, 5) is 31.9. The van der Waals surface area contributed by atoms with Crippen LogP contribution in [-0.4, -0.2) is 47.9 Å². The number of nitrogens with zero attached hydrogens (tertiary/aromatic N) is 3. The van der Waals surface area contributed by atoms with E-state index in [0.29, 0.717) is 18.2 Å². The van der Waals surface area contributed by atoms with Crippen LogP contribution in [0.4, 0.5) is 10.8 Å². The van der Waals surface area contributed by atoms with E-state index >= 15 is 0 Å². The van der Waals surface area contributed by atoms with Crippen molar-refractivity contribution in [2.75, 3.05) is 36.4 Å². The summed E-state index contributed by atoms with van der Waals surface area (Å²) in [5.74, 6) is -1.12. The van der Waals surface area contributed by atoms with Crippen molar-refractivity contribution in [1.82, 2.24) is 9.88 Å². The van der Waals surface area contributed by atoms with E-state index in [2.05, 4.69) is 40.3 Å². The first-order valence-electron chi connectivity index (χ1n) is 7.45. The highest BCUT2D eigenvalue weighted by Gasteiger charge is 2.26. The highest BCUT2D eigenvalue weighted by Crippen LogP contribution is 2.18. The van der Waals surface area contributed by atoms with Gasteiger partial charge in [-0.25, -0.2) is 4.98 Å². The second-order valence-electron chi connectivity index (χ2n) is 5.41. The lowest BCUT2D eigenvalue weighted by Gasteiger charge is -2.35. The van der Waals surface area contributed by atoms with E-state index in [-0.39, 0.29) is 0 Å². The summed E-state index contributed by atoms with van der Waals surface area (Å²) in [6, 6.07) is 8.29. The van der Waals surface area contributed by atoms with Crippen molar-refractivity contribution in [3.05, 3.63) is 41.4 Å². The SMILES string of the molecule is Cc1cccc(N2CCN(C(=O)C(=O)Nc3nccs3)CC2)c1. The Kier molecular flexibility index (Phi) is 4.57. The van der Waals surface area contributed by atoms with Gasteiger partial charge in [0.25, 0.3) is 0 Å². The van der Waals surface area contributed by atoms with Crippen LogP contribution in [0, 0.1) is 6.92 Å². The zero-order valence-electron chi connectivity index (χ0n) is 12.9. The fourth-order valence-corrected chi connectivity index (χ4v) is 3.10. The number of carbonyl (C=O) groups excluding carboxylic acids is 2. The van der Waals surface area contributed by atoms with E-state index in [0.717, 1.165) is 18.8 Å². The maximum Gasteiger partial charge on any atom is 0.315 e. The summed E-state index contributed by atoms with van der Waals surface area (Å²) in [7, 11) is 0. The lowest BCUT2D eigenvalue weighted by molar-refractivity contribution is -0.143. The second kappa shape index (κ2) is 6.78. The fourth-order valence-electron chi connectivity index (χ4n) is 2.57. The van der Waals surface area contributed by atoms with Gasteiger partial charge in [0.15, 0.2) is 5.13 Å². The Hall–Kier alpha value is -2.41. The molecule has 1 fully saturated rings. The summed E-state index contributed by atoms with van der Waals surface area (Å²) in [5.41, 5.74) is 2.37. The quantitative estimate of drug-likeness (QED) is 0.852. The average molecular weight is 330 g/mol. The molecule has 1 saturated heterocycles. The molecule has 0 saturated carbocycles. The molecule has 2 aromatic rings. The third-order valence-electron chi connectivity index (χ3n) is 3.78. The normalized spacial score (nSPS) is 14.7. The predicted octanol–water partition coefficient (Wildman–Crippen LogP) is 1.74. The minimum Gasteiger partial charge on any atom is -0.368 e. The van der Waals surface area contributed by atoms with Gasteiger partial charge < -0.3 is 9.80 Å². The molecule has 0 unspecified atom stereocenters. The van der Waals surface area contributed by atoms with Gasteiger partial charge in [0.2, 0.25) is 0 Å². The van der Waals surface area contributed by atoms with Crippen molar-refractivity contribution >= 4 is 34.0 Å². The molecular formula is C16H18N4O2S. The lowest BCUT2D eigenvalue weighted by Crippen LogP contribution is -2.51. The average Bonchev–Trinajstić information content (AvgIpc) is 3.07. The third-order valence-corrected chi connectivity index (χ3v) is 4.47. The van der Waals surface area contributed by atoms with Crippen LogP contribution < -0.4 is 10.2 Å². The largest absolute Gasteiger partial charge is 0.368 e. The number of benzene rings is 1. The van der Waals surface area contributed by atoms with Gasteiger partial charge >= 0.3 is 11.8 Å². The first-order valence-corrected chi connectivity index (χ1v) is 8.33. The summed E-state index contributed by atoms with van der Waals surface area (Å²) < 4.78 is 0. The number of anilines is 2. The molecule has 1 N–H and O–H groups in total. The summed E-state index contributed by atoms with van der Waals surface area (Å²) >= 11 is 1.29. The summed E-state index contributed by atoms with van der Waals surface area (Å²) in [5, 5.41) is 4.73. The maximum atomic E-state index is 12.2. The molecule has 2 heterocycles. The second-order valence-corrected chi connectivity index (χ2v) is 6.30. The molecule has 0 aliphatic carbocycles. The van der Waals surface area contributed by atoms with Crippen molar-refractivity contribution in [3.8, 4) is 0 Å². The first kappa shape index (κ1) is 15.5. The Labute approximate surface area is 138 Å². The number of thiazole rings is 1. The number of piperazine rings is 1. The maximum absolute atomic E-state index is 12.2. The van der Waals surface area contributed by atoms with Crippen LogP contribution in [-0.2, 0) is 9.59 Å². The number of aryl methyl sites for hydroxylation is 1. The number of nitrogens with one attached hydrogen (secondary N) is 1. The highest BCUT2D eigenvalue weighted by molar-refractivity contribution is 7.13. The van der Waals surface area contributed by atoms with Crippen molar-refractivity contribution in [1.29, 1.82) is 0 Å². The van der Waals surface area contributed by atoms with Crippen LogP contribution in [0.25, 0.3) is 0 Å². The van der Waals surface area contributed by atoms with Gasteiger partial charge in [-0.2, -0.15) is 0 Å². The number of hydrogen-bond donors (Lipinski definition) is 1. The highest BCUT2D eigenvalue weighted by atomic mass is 32.1. The third kappa shape index (κ3) is 3.68. The van der Waals surface area contributed by atoms with E-state index in [9.17, 15) is 9.59 Å². The van der Waals surface area contributed by atoms with Crippen molar-refractivity contribution in [2.45, 2.75) is 6.92 Å². The van der Waals surface area contributed by atoms with Crippen molar-refractivity contribution in [2.24, 2.45) is 0 Å². The van der Waals surface area contributed by atoms with E-state index in [4.69, 9.17) is 0 Å². The minimum absolute atomic E-state index is 0.446. The first-order chi connectivity index (χ1) is 11.1. The van der Waals surface area contributed by atoms with Crippen LogP contribution in [0.2, 0.25) is 0 Å². The van der Waals surface area contributed by atoms with E-state index in [1.54, 1.807) is 16.5 Å². The molecular weight excluding hydrogens is 312 g/mol. The lowest BCUT2D eigenvalue weighted by atomic mass is 10.2. The summed E-state index contributed by atoms with van der Waals surface area (Å²) in [6.07, 6.45) is 1.59. The molecule has 7 heteroatoms. The van der Waals surface area contributed by atoms with Crippen molar-refractivity contribution in [3.63, 3.8) is 0 Å². The van der Waals surface area contributed by atoms with Gasteiger partial charge in [-0.3, -0.25) is 14.9 Å². The molecule has 23 heavy (non-hydrogen) atoms. The zero-order valence-corrected chi connectivity index (χ0v) is 13.7. The van der Waals surface area contributed by atoms with Crippen LogP contribution in [0.1, 0.15) is 5.56 Å². The van der Waals surface area contributed by atoms with Gasteiger partial charge in [0.1, 0.15) is 0 Å². The molecule has 0 spiro atoms. The number of rotatable bonds is 2. The van der Waals surface area contributed by atoms with Gasteiger partial charge in [0.05, 0.1) is 0 Å². The Morgan fingerprint density at radius 1 is 1.22 bits per heavy atom. The van der Waals surface area contributed by atoms with Crippen LogP contribution in [0.15, 0.2) is 35.8 Å². The molecule has 1 aromatic heterocycles. The molecule has 6 nitrogen and oxygen atoms in total. The van der Waals surface area contributed by atoms with Gasteiger partial charge in [0, 0.05) is 43.4 Å². The van der Waals surface area contributed by atoms with Gasteiger partial charge in [-0.15, -0.1) is 11.3 Å². The Morgan fingerprint density at radius 3 is 2.65 bits per heavy atom.